The Balaban J connectivity index is 1.60. The smallest absolute Gasteiger partial charge is 0.358 e. The topological polar surface area (TPSA) is 141 Å². The summed E-state index contributed by atoms with van der Waals surface area (Å²) in [6.45, 7) is 0.0755. The number of amides is 2. The monoisotopic (exact) mass is 725 g/mol. The first kappa shape index (κ1) is 33.5. The van der Waals surface area contributed by atoms with Gasteiger partial charge in [0.1, 0.15) is 29.5 Å². The predicted octanol–water partition coefficient (Wildman–Crippen LogP) is 4.89. The van der Waals surface area contributed by atoms with Crippen LogP contribution in [0.15, 0.2) is 70.4 Å². The number of carbonyl (C=O) groups excluding carboxylic acids is 3. The zero-order chi connectivity index (χ0) is 31.4. The summed E-state index contributed by atoms with van der Waals surface area (Å²) in [5.41, 5.74) is 0.228. The zero-order valence-electron chi connectivity index (χ0n) is 22.2. The number of thiazole rings is 1. The fourth-order valence-electron chi connectivity index (χ4n) is 3.69. The number of carbonyl (C=O) groups is 3. The molecule has 1 N–H and O–H groups in total. The number of rotatable bonds is 12. The van der Waals surface area contributed by atoms with E-state index in [4.69, 9.17) is 48.5 Å². The predicted molar refractivity (Wildman–Crippen MR) is 167 cm³/mol. The van der Waals surface area contributed by atoms with Gasteiger partial charge in [0.25, 0.3) is 11.8 Å². The first-order chi connectivity index (χ1) is 20.2. The van der Waals surface area contributed by atoms with Gasteiger partial charge in [0.2, 0.25) is 3.79 Å². The molecular weight excluding hydrogens is 705 g/mol. The lowest BCUT2D eigenvalue weighted by atomic mass is 10.1. The summed E-state index contributed by atoms with van der Waals surface area (Å²) in [7, 11) is -1.82. The molecule has 0 radical (unpaired) electrons. The third kappa shape index (κ3) is 9.30. The van der Waals surface area contributed by atoms with E-state index >= 15 is 0 Å². The van der Waals surface area contributed by atoms with Crippen molar-refractivity contribution in [3.63, 3.8) is 0 Å². The Morgan fingerprint density at radius 2 is 1.79 bits per heavy atom. The second kappa shape index (κ2) is 14.1. The van der Waals surface area contributed by atoms with Crippen LogP contribution in [-0.2, 0) is 33.4 Å². The number of hydrogen-bond acceptors (Lipinski definition) is 12. The summed E-state index contributed by atoms with van der Waals surface area (Å²) in [6, 6.07) is 15.0. The maximum atomic E-state index is 13.5. The molecule has 2 amide bonds. The molecule has 0 spiro atoms. The van der Waals surface area contributed by atoms with E-state index in [0.29, 0.717) is 10.1 Å². The highest BCUT2D eigenvalue weighted by Gasteiger charge is 2.53. The molecule has 4 rings (SSSR count). The fraction of sp³-hybridized carbons (Fsp3) is 0.280. The molecule has 1 aliphatic rings. The number of esters is 1. The van der Waals surface area contributed by atoms with Gasteiger partial charge in [0.15, 0.2) is 16.6 Å². The summed E-state index contributed by atoms with van der Waals surface area (Å²) in [6.07, 6.45) is 0.768. The highest BCUT2D eigenvalue weighted by Crippen LogP contribution is 2.46. The summed E-state index contributed by atoms with van der Waals surface area (Å²) in [5.74, 6) is -2.54. The zero-order valence-corrected chi connectivity index (χ0v) is 27.7. The summed E-state index contributed by atoms with van der Waals surface area (Å²) in [5, 5.41) is 1.67. The van der Waals surface area contributed by atoms with Crippen LogP contribution >= 0.6 is 67.7 Å². The molecule has 2 aromatic carbocycles. The molecule has 43 heavy (non-hydrogen) atoms. The molecule has 0 aliphatic carbocycles. The first-order valence-electron chi connectivity index (χ1n) is 12.1. The molecule has 0 saturated carbocycles. The van der Waals surface area contributed by atoms with E-state index in [1.807, 2.05) is 24.3 Å². The molecule has 1 aromatic heterocycles. The number of nitrogens with zero attached hydrogens (tertiary/aromatic N) is 2. The van der Waals surface area contributed by atoms with E-state index < -0.39 is 61.2 Å². The van der Waals surface area contributed by atoms with E-state index in [0.717, 1.165) is 32.2 Å². The van der Waals surface area contributed by atoms with Crippen LogP contribution in [0.25, 0.3) is 10.2 Å². The summed E-state index contributed by atoms with van der Waals surface area (Å²) in [4.78, 5) is 44.9. The Morgan fingerprint density at radius 1 is 1.12 bits per heavy atom. The standard InChI is InChI=1S/C25H22Cl3N3O8S4/c1-14(39-43(2,35)36)20(23(34)38-13-25(26,27)28)31-21(33)19(30-18(32)12-37-15-8-4-3-5-9-15)22(31)41-42-24-29-16-10-6-7-11-17(16)40-24/h3-11,19,22H,12-13H2,1-2H3,(H,30,32)/b20-14-. The van der Waals surface area contributed by atoms with Gasteiger partial charge in [-0.2, -0.15) is 8.42 Å². The molecule has 1 aliphatic heterocycles. The van der Waals surface area contributed by atoms with Crippen molar-refractivity contribution in [2.75, 3.05) is 19.5 Å². The van der Waals surface area contributed by atoms with Crippen LogP contribution in [0.5, 0.6) is 5.75 Å². The quantitative estimate of drug-likeness (QED) is 0.0519. The molecule has 0 bridgehead atoms. The number of hydrogen-bond donors (Lipinski definition) is 1. The second-order valence-corrected chi connectivity index (χ2v) is 16.4. The van der Waals surface area contributed by atoms with Gasteiger partial charge in [-0.3, -0.25) is 14.5 Å². The van der Waals surface area contributed by atoms with Crippen LogP contribution in [0.4, 0.5) is 0 Å². The average Bonchev–Trinajstić information content (AvgIpc) is 3.35. The van der Waals surface area contributed by atoms with Crippen LogP contribution in [0.1, 0.15) is 6.92 Å². The third-order valence-corrected chi connectivity index (χ3v) is 10.3. The van der Waals surface area contributed by atoms with E-state index in [9.17, 15) is 22.8 Å². The maximum absolute atomic E-state index is 13.5. The molecule has 1 saturated heterocycles. The lowest BCUT2D eigenvalue weighted by Gasteiger charge is -2.46. The van der Waals surface area contributed by atoms with E-state index in [2.05, 4.69) is 10.3 Å². The Hall–Kier alpha value is -2.40. The van der Waals surface area contributed by atoms with Crippen molar-refractivity contribution in [2.24, 2.45) is 0 Å². The van der Waals surface area contributed by atoms with Gasteiger partial charge in [0, 0.05) is 0 Å². The summed E-state index contributed by atoms with van der Waals surface area (Å²) >= 11 is 18.6. The maximum Gasteiger partial charge on any atom is 0.358 e. The molecule has 2 heterocycles. The van der Waals surface area contributed by atoms with Crippen molar-refractivity contribution in [3.05, 3.63) is 66.1 Å². The van der Waals surface area contributed by atoms with Crippen molar-refractivity contribution in [1.29, 1.82) is 0 Å². The third-order valence-electron chi connectivity index (χ3n) is 5.38. The number of aromatic nitrogens is 1. The summed E-state index contributed by atoms with van der Waals surface area (Å²) < 4.78 is 38.9. The van der Waals surface area contributed by atoms with Crippen LogP contribution in [-0.4, -0.2) is 70.8 Å². The minimum absolute atomic E-state index is 0.388. The van der Waals surface area contributed by atoms with Gasteiger partial charge in [0.05, 0.1) is 16.5 Å². The minimum Gasteiger partial charge on any atom is -0.484 e. The lowest BCUT2D eigenvalue weighted by Crippen LogP contribution is -2.69. The number of para-hydroxylation sites is 2. The van der Waals surface area contributed by atoms with E-state index in [-0.39, 0.29) is 6.61 Å². The Kier molecular flexibility index (Phi) is 11.0. The SMILES string of the molecule is C/C(OS(C)(=O)=O)=C(\C(=O)OCC(Cl)(Cl)Cl)N1C(=O)C(NC(=O)COc2ccccc2)C1SSc1nc2ccccc2s1. The average molecular weight is 727 g/mol. The molecule has 230 valence electrons. The van der Waals surface area contributed by atoms with Crippen molar-refractivity contribution in [3.8, 4) is 5.75 Å². The van der Waals surface area contributed by atoms with Gasteiger partial charge in [-0.05, 0) is 42.0 Å². The van der Waals surface area contributed by atoms with Crippen molar-refractivity contribution in [1.82, 2.24) is 15.2 Å². The molecular formula is C25H22Cl3N3O8S4. The Labute approximate surface area is 273 Å². The van der Waals surface area contributed by atoms with Crippen LogP contribution in [0.3, 0.4) is 0 Å². The highest BCUT2D eigenvalue weighted by molar-refractivity contribution is 8.77. The van der Waals surface area contributed by atoms with Crippen LogP contribution in [0, 0.1) is 0 Å². The fourth-order valence-corrected chi connectivity index (χ4v) is 8.30. The van der Waals surface area contributed by atoms with Crippen LogP contribution < -0.4 is 10.1 Å². The van der Waals surface area contributed by atoms with E-state index in [1.54, 1.807) is 30.3 Å². The van der Waals surface area contributed by atoms with Gasteiger partial charge in [-0.1, -0.05) is 75.9 Å². The van der Waals surface area contributed by atoms with Gasteiger partial charge in [-0.25, -0.2) is 9.78 Å². The second-order valence-electron chi connectivity index (χ2n) is 8.76. The lowest BCUT2D eigenvalue weighted by molar-refractivity contribution is -0.153. The van der Waals surface area contributed by atoms with Crippen molar-refractivity contribution >= 4 is 106 Å². The Morgan fingerprint density at radius 3 is 2.44 bits per heavy atom. The molecule has 11 nitrogen and oxygen atoms in total. The largest absolute Gasteiger partial charge is 0.484 e. The van der Waals surface area contributed by atoms with Gasteiger partial charge in [-0.15, -0.1) is 11.3 Å². The minimum atomic E-state index is -4.12. The molecule has 18 heteroatoms. The van der Waals surface area contributed by atoms with E-state index in [1.165, 1.54) is 29.1 Å². The number of ether oxygens (including phenoxy) is 2. The Bertz CT molecular complexity index is 1610. The number of allylic oxidation sites excluding steroid dienone is 1. The molecule has 2 unspecified atom stereocenters. The number of fused-ring (bicyclic) bond motifs is 1. The number of likely N-dealkylation sites (tertiary alicyclic amines) is 1. The normalized spacial score (nSPS) is 17.6. The number of nitrogens with one attached hydrogen (secondary N) is 1. The molecule has 3 aromatic rings. The van der Waals surface area contributed by atoms with Gasteiger partial charge >= 0.3 is 16.1 Å². The number of β-lactam (4-membered cyclic amide) rings is 1. The highest BCUT2D eigenvalue weighted by atomic mass is 35.6. The number of benzene rings is 2. The van der Waals surface area contributed by atoms with Crippen molar-refractivity contribution in [2.45, 2.75) is 26.5 Å². The molecule has 2 atom stereocenters. The van der Waals surface area contributed by atoms with Crippen LogP contribution in [0.2, 0.25) is 0 Å². The number of alkyl halides is 3. The van der Waals surface area contributed by atoms with Gasteiger partial charge < -0.3 is 19.0 Å². The van der Waals surface area contributed by atoms with Crippen molar-refractivity contribution < 1.29 is 36.5 Å². The molecule has 1 fully saturated rings. The number of halogens is 3. The first-order valence-corrected chi connectivity index (χ1v) is 18.0.